The summed E-state index contributed by atoms with van der Waals surface area (Å²) in [6, 6.07) is 0. The van der Waals surface area contributed by atoms with Gasteiger partial charge in [-0.2, -0.15) is 0 Å². The van der Waals surface area contributed by atoms with Crippen molar-refractivity contribution >= 4 is 0 Å². The Kier molecular flexibility index (Phi) is 0.263. The predicted molar refractivity (Wildman–Crippen MR) is 30.1 cm³/mol. The third-order valence-corrected chi connectivity index (χ3v) is 0.508. The molecule has 1 rings (SSSR count). The second kappa shape index (κ2) is 2.01. The average Bonchev–Trinajstić information content (AvgIpc) is 2.10. The van der Waals surface area contributed by atoms with E-state index in [1.54, 1.807) is 0 Å². The highest BCUT2D eigenvalue weighted by atomic mass is 16.8. The predicted octanol–water partition coefficient (Wildman–Crippen LogP) is -0.0390. The van der Waals surface area contributed by atoms with Crippen LogP contribution < -0.4 is 0 Å². The number of rotatable bonds is 0. The maximum Gasteiger partial charge on any atom is 0.102 e. The van der Waals surface area contributed by atoms with Crippen molar-refractivity contribution in [2.75, 3.05) is 33.1 Å². The van der Waals surface area contributed by atoms with Crippen LogP contribution in [-0.4, -0.2) is 37.7 Å². The highest BCUT2D eigenvalue weighted by molar-refractivity contribution is 4.44. The molecular formula is C5H11NO2. The van der Waals surface area contributed by atoms with Crippen molar-refractivity contribution in [1.82, 2.24) is 0 Å². The molecule has 0 aromatic carbocycles. The quantitative estimate of drug-likeness (QED) is 0.261. The summed E-state index contributed by atoms with van der Waals surface area (Å²) in [5.74, 6) is 0. The van der Waals surface area contributed by atoms with Crippen LogP contribution in [0.3, 0.4) is 0 Å². The molecule has 0 bridgehead atoms. The van der Waals surface area contributed by atoms with E-state index in [0.717, 1.165) is 0 Å². The second-order valence-electron chi connectivity index (χ2n) is 1.14. The van der Waals surface area contributed by atoms with E-state index < -0.39 is 37.7 Å². The topological polar surface area (TPSA) is 32.3 Å². The Morgan fingerprint density at radius 3 is 2.88 bits per heavy atom. The van der Waals surface area contributed by atoms with E-state index in [1.165, 1.54) is 0 Å². The molecule has 0 spiro atoms. The van der Waals surface area contributed by atoms with Crippen LogP contribution in [0.1, 0.15) is 15.1 Å². The number of likely N-dealkylation sites (N-methyl/N-ethyl adjacent to an activating group) is 1. The van der Waals surface area contributed by atoms with Gasteiger partial charge in [0.2, 0.25) is 0 Å². The van der Waals surface area contributed by atoms with Gasteiger partial charge in [-0.3, -0.25) is 0 Å². The van der Waals surface area contributed by atoms with E-state index in [0.29, 0.717) is 0 Å². The van der Waals surface area contributed by atoms with Crippen molar-refractivity contribution in [2.45, 2.75) is 0 Å². The molecule has 3 nitrogen and oxygen atoms in total. The van der Waals surface area contributed by atoms with Crippen molar-refractivity contribution < 1.29 is 24.5 Å². The number of hydroxylamine groups is 3. The number of quaternary nitrogens is 1. The van der Waals surface area contributed by atoms with Gasteiger partial charge in [0, 0.05) is 0 Å². The van der Waals surface area contributed by atoms with Crippen LogP contribution in [0, 0.1) is 5.21 Å². The summed E-state index contributed by atoms with van der Waals surface area (Å²) in [7, 11) is 0. The molecule has 3 heteroatoms. The van der Waals surface area contributed by atoms with Crippen molar-refractivity contribution in [3.8, 4) is 0 Å². The Hall–Kier alpha value is -0.120. The Morgan fingerprint density at radius 1 is 1.75 bits per heavy atom. The van der Waals surface area contributed by atoms with Gasteiger partial charge in [-0.05, 0) is 0 Å². The van der Waals surface area contributed by atoms with Gasteiger partial charge in [-0.15, -0.1) is 0 Å². The Labute approximate surface area is 64.5 Å². The third kappa shape index (κ3) is 1.43. The number of hydrogen-bond donors (Lipinski definition) is 0. The highest BCUT2D eigenvalue weighted by Crippen LogP contribution is 2.02. The van der Waals surface area contributed by atoms with Crippen LogP contribution in [0.5, 0.6) is 0 Å². The van der Waals surface area contributed by atoms with E-state index >= 15 is 0 Å². The van der Waals surface area contributed by atoms with Crippen molar-refractivity contribution in [2.24, 2.45) is 0 Å². The largest absolute Gasteiger partial charge is 0.633 e. The van der Waals surface area contributed by atoms with Crippen LogP contribution in [0.25, 0.3) is 0 Å². The maximum absolute atomic E-state index is 12.3. The lowest BCUT2D eigenvalue weighted by molar-refractivity contribution is -0.869. The molecule has 0 radical (unpaired) electrons. The van der Waals surface area contributed by atoms with Gasteiger partial charge in [-0.1, -0.05) is 0 Å². The molecule has 1 heterocycles. The number of morpholine rings is 1. The standard InChI is InChI=1S/C5H11NO2/c1-6(7)2-4-8-5-3-6/h2-5H2,1H3/i1D3,2D2,3D2,4D2,5D2,6+1. The minimum absolute atomic E-state index is 3.35. The van der Waals surface area contributed by atoms with Crippen LogP contribution in [0.2, 0.25) is 0 Å². The van der Waals surface area contributed by atoms with Crippen LogP contribution in [-0.2, 0) is 4.74 Å². The first kappa shape index (κ1) is 1.05. The summed E-state index contributed by atoms with van der Waals surface area (Å²) in [5.41, 5.74) is 0. The van der Waals surface area contributed by atoms with Gasteiger partial charge < -0.3 is 14.6 Å². The van der Waals surface area contributed by atoms with Crippen LogP contribution in [0.4, 0.5) is 0 Å². The molecule has 0 unspecified atom stereocenters. The molecule has 0 N–H and O–H groups in total. The first-order chi connectivity index (χ1) is 7.96. The summed E-state index contributed by atoms with van der Waals surface area (Å²) in [6.45, 7) is -18.9. The molecule has 1 fully saturated rings. The van der Waals surface area contributed by atoms with E-state index in [4.69, 9.17) is 15.1 Å². The molecule has 1 saturated heterocycles. The first-order valence-electron chi connectivity index (χ1n) is 7.26. The average molecular weight is 129 g/mol. The molecule has 0 aliphatic carbocycles. The van der Waals surface area contributed by atoms with Gasteiger partial charge in [0.25, 0.3) is 0 Å². The molecule has 8 heavy (non-hydrogen) atoms. The lowest BCUT2D eigenvalue weighted by Crippen LogP contribution is -2.46. The van der Waals surface area contributed by atoms with E-state index in [9.17, 15) is 5.21 Å². The van der Waals surface area contributed by atoms with Crippen molar-refractivity contribution in [3.05, 3.63) is 5.21 Å². The zero-order valence-corrected chi connectivity index (χ0v) is 3.76. The Balaban J connectivity index is 3.70. The van der Waals surface area contributed by atoms with Gasteiger partial charge >= 0.3 is 0 Å². The normalized spacial score (nSPS) is 74.9. The van der Waals surface area contributed by atoms with Crippen molar-refractivity contribution in [3.63, 3.8) is 0 Å². The van der Waals surface area contributed by atoms with Gasteiger partial charge in [0.05, 0.1) is 35.2 Å². The van der Waals surface area contributed by atoms with Crippen molar-refractivity contribution in [1.29, 1.82) is 0 Å². The zero-order chi connectivity index (χ0) is 15.7. The van der Waals surface area contributed by atoms with E-state index in [1.807, 2.05) is 0 Å². The Morgan fingerprint density at radius 2 is 2.38 bits per heavy atom. The zero-order valence-electron chi connectivity index (χ0n) is 14.8. The smallest absolute Gasteiger partial charge is 0.102 e. The van der Waals surface area contributed by atoms with E-state index in [-0.39, 0.29) is 0 Å². The second-order valence-corrected chi connectivity index (χ2v) is 1.14. The van der Waals surface area contributed by atoms with Crippen LogP contribution >= 0.6 is 0 Å². The SMILES string of the molecule is [2H]C1([2H])OC([2H])([2H])C([2H])([2H])[15N+]([O-])(C([2H])([2H])[2H])C1([2H])[2H]. The summed E-state index contributed by atoms with van der Waals surface area (Å²) in [6.07, 6.45) is 0. The Bertz CT molecular complexity index is 361. The minimum Gasteiger partial charge on any atom is -0.633 e. The van der Waals surface area contributed by atoms with E-state index in [2.05, 4.69) is 4.74 Å². The fraction of sp³-hybridized carbons (Fsp3) is 1.00. The molecule has 1 aliphatic rings. The molecule has 48 valence electrons. The summed E-state index contributed by atoms with van der Waals surface area (Å²) < 4.78 is 79.8. The van der Waals surface area contributed by atoms with Gasteiger partial charge in [-0.25, -0.2) is 0 Å². The maximum atomic E-state index is 12.3. The monoisotopic (exact) mass is 129 g/mol. The molecule has 0 saturated carbocycles. The molecular weight excluding hydrogens is 107 g/mol. The summed E-state index contributed by atoms with van der Waals surface area (Å²) >= 11 is 0. The lowest BCUT2D eigenvalue weighted by atomic mass is 10.5. The lowest BCUT2D eigenvalue weighted by Gasteiger charge is -2.41. The van der Waals surface area contributed by atoms with Gasteiger partial charge in [0.1, 0.15) is 13.0 Å². The highest BCUT2D eigenvalue weighted by Gasteiger charge is 2.13. The molecule has 0 aromatic rings. The number of hydrogen-bond acceptors (Lipinski definition) is 2. The van der Waals surface area contributed by atoms with Crippen LogP contribution in [0.15, 0.2) is 0 Å². The fourth-order valence-electron chi connectivity index (χ4n) is 0.228. The first-order valence-corrected chi connectivity index (χ1v) is 1.76. The molecule has 0 atom stereocenters. The number of ether oxygens (including phenoxy) is 1. The number of nitrogens with zero attached hydrogens (tertiary/aromatic N) is 1. The minimum atomic E-state index is -3.89. The summed E-state index contributed by atoms with van der Waals surface area (Å²) in [5, 5.41) is 12.3. The summed E-state index contributed by atoms with van der Waals surface area (Å²) in [4.78, 5) is 0. The third-order valence-electron chi connectivity index (χ3n) is 0.508. The molecule has 1 aliphatic heterocycles. The fourth-order valence-corrected chi connectivity index (χ4v) is 0.228. The molecule has 0 amide bonds. The molecule has 0 aromatic heterocycles. The van der Waals surface area contributed by atoms with Gasteiger partial charge in [0.15, 0.2) is 0 Å².